The van der Waals surface area contributed by atoms with Crippen LogP contribution in [0.1, 0.15) is 22.5 Å². The third-order valence-corrected chi connectivity index (χ3v) is 4.91. The second-order valence-corrected chi connectivity index (χ2v) is 6.26. The number of benzene rings is 1. The lowest BCUT2D eigenvalue weighted by atomic mass is 10.1. The summed E-state index contributed by atoms with van der Waals surface area (Å²) >= 11 is 1.44. The fourth-order valence-electron chi connectivity index (χ4n) is 2.67. The molecular formula is C15H18ClFN2OS. The molecule has 1 N–H and O–H groups in total. The highest BCUT2D eigenvalue weighted by Crippen LogP contribution is 2.28. The Hall–Kier alpha value is -1.17. The van der Waals surface area contributed by atoms with Crippen molar-refractivity contribution >= 4 is 39.7 Å². The van der Waals surface area contributed by atoms with Crippen LogP contribution in [0.15, 0.2) is 24.3 Å². The van der Waals surface area contributed by atoms with Gasteiger partial charge in [-0.2, -0.15) is 0 Å². The molecule has 3 rings (SSSR count). The number of nitrogens with one attached hydrogen (secondary N) is 1. The van der Waals surface area contributed by atoms with Gasteiger partial charge >= 0.3 is 0 Å². The molecule has 0 radical (unpaired) electrons. The zero-order valence-corrected chi connectivity index (χ0v) is 13.4. The number of nitrogens with zero attached hydrogens (tertiary/aromatic N) is 1. The molecule has 3 nitrogen and oxygen atoms in total. The second kappa shape index (κ2) is 6.73. The van der Waals surface area contributed by atoms with Crippen molar-refractivity contribution in [1.82, 2.24) is 10.2 Å². The minimum Gasteiger partial charge on any atom is -0.336 e. The van der Waals surface area contributed by atoms with E-state index in [1.165, 1.54) is 23.5 Å². The van der Waals surface area contributed by atoms with Crippen LogP contribution in [0, 0.1) is 5.82 Å². The van der Waals surface area contributed by atoms with Gasteiger partial charge in [0.1, 0.15) is 5.82 Å². The average Bonchev–Trinajstić information content (AvgIpc) is 2.89. The van der Waals surface area contributed by atoms with Crippen molar-refractivity contribution in [2.24, 2.45) is 0 Å². The molecule has 1 aliphatic rings. The second-order valence-electron chi connectivity index (χ2n) is 5.17. The van der Waals surface area contributed by atoms with E-state index < -0.39 is 0 Å². The van der Waals surface area contributed by atoms with E-state index in [1.54, 1.807) is 12.1 Å². The van der Waals surface area contributed by atoms with E-state index in [0.717, 1.165) is 36.0 Å². The fraction of sp³-hybridized carbons (Fsp3) is 0.400. The maximum Gasteiger partial charge on any atom is 0.264 e. The Labute approximate surface area is 133 Å². The zero-order valence-electron chi connectivity index (χ0n) is 11.8. The van der Waals surface area contributed by atoms with Crippen LogP contribution in [0.5, 0.6) is 0 Å². The summed E-state index contributed by atoms with van der Waals surface area (Å²) in [6.45, 7) is 1.55. The minimum absolute atomic E-state index is 0. The van der Waals surface area contributed by atoms with E-state index in [4.69, 9.17) is 0 Å². The number of halogens is 2. The van der Waals surface area contributed by atoms with E-state index in [-0.39, 0.29) is 24.1 Å². The molecule has 1 aliphatic heterocycles. The highest BCUT2D eigenvalue weighted by atomic mass is 35.5. The van der Waals surface area contributed by atoms with Crippen molar-refractivity contribution in [3.8, 4) is 0 Å². The van der Waals surface area contributed by atoms with E-state index in [1.807, 2.05) is 11.9 Å². The number of likely N-dealkylation sites (tertiary alicyclic amines) is 1. The molecule has 2 aromatic rings. The predicted octanol–water partition coefficient (Wildman–Crippen LogP) is 3.29. The van der Waals surface area contributed by atoms with E-state index in [0.29, 0.717) is 10.9 Å². The molecule has 2 heterocycles. The van der Waals surface area contributed by atoms with Crippen molar-refractivity contribution < 1.29 is 9.18 Å². The summed E-state index contributed by atoms with van der Waals surface area (Å²) in [7, 11) is 1.93. The van der Waals surface area contributed by atoms with Crippen molar-refractivity contribution in [3.05, 3.63) is 35.0 Å². The fourth-order valence-corrected chi connectivity index (χ4v) is 3.68. The molecule has 1 fully saturated rings. The number of carbonyl (C=O) groups excluding carboxylic acids is 1. The third-order valence-electron chi connectivity index (χ3n) is 3.81. The van der Waals surface area contributed by atoms with Crippen molar-refractivity contribution in [2.75, 3.05) is 20.1 Å². The molecule has 1 aromatic heterocycles. The van der Waals surface area contributed by atoms with Gasteiger partial charge in [0.25, 0.3) is 5.91 Å². The van der Waals surface area contributed by atoms with Crippen LogP contribution >= 0.6 is 23.7 Å². The van der Waals surface area contributed by atoms with Gasteiger partial charge in [-0.3, -0.25) is 4.79 Å². The quantitative estimate of drug-likeness (QED) is 0.917. The summed E-state index contributed by atoms with van der Waals surface area (Å²) in [6, 6.07) is 6.83. The van der Waals surface area contributed by atoms with Crippen molar-refractivity contribution in [2.45, 2.75) is 18.9 Å². The largest absolute Gasteiger partial charge is 0.336 e. The van der Waals surface area contributed by atoms with Gasteiger partial charge in [0.2, 0.25) is 0 Å². The zero-order chi connectivity index (χ0) is 14.1. The number of carbonyl (C=O) groups is 1. The number of fused-ring (bicyclic) bond motifs is 1. The number of rotatable bonds is 2. The summed E-state index contributed by atoms with van der Waals surface area (Å²) in [6.07, 6.45) is 2.13. The molecule has 114 valence electrons. The molecule has 6 heteroatoms. The van der Waals surface area contributed by atoms with E-state index in [2.05, 4.69) is 5.32 Å². The van der Waals surface area contributed by atoms with Gasteiger partial charge in [-0.05, 0) is 49.5 Å². The van der Waals surface area contributed by atoms with Gasteiger partial charge in [0, 0.05) is 23.8 Å². The molecule has 0 aliphatic carbocycles. The molecule has 0 spiro atoms. The Morgan fingerprint density at radius 1 is 1.43 bits per heavy atom. The van der Waals surface area contributed by atoms with Crippen LogP contribution in [0.3, 0.4) is 0 Å². The highest BCUT2D eigenvalue weighted by molar-refractivity contribution is 7.20. The molecule has 21 heavy (non-hydrogen) atoms. The van der Waals surface area contributed by atoms with E-state index >= 15 is 0 Å². The standard InChI is InChI=1S/C15H17FN2OS.ClH/c1-17-12-3-2-6-18(9-12)15(19)14-8-10-7-11(16)4-5-13(10)20-14;/h4-5,7-8,12,17H,2-3,6,9H2,1H3;1H. The van der Waals surface area contributed by atoms with Crippen LogP contribution in [0.4, 0.5) is 4.39 Å². The first-order valence-corrected chi connectivity index (χ1v) is 7.64. The molecule has 1 atom stereocenters. The van der Waals surface area contributed by atoms with Crippen molar-refractivity contribution in [1.29, 1.82) is 0 Å². The Bertz CT molecular complexity index is 646. The molecular weight excluding hydrogens is 311 g/mol. The highest BCUT2D eigenvalue weighted by Gasteiger charge is 2.24. The van der Waals surface area contributed by atoms with Gasteiger partial charge in [-0.1, -0.05) is 0 Å². The average molecular weight is 329 g/mol. The van der Waals surface area contributed by atoms with Crippen LogP contribution in [0.2, 0.25) is 0 Å². The maximum atomic E-state index is 13.2. The van der Waals surface area contributed by atoms with Crippen LogP contribution in [-0.2, 0) is 0 Å². The van der Waals surface area contributed by atoms with Gasteiger partial charge in [-0.25, -0.2) is 4.39 Å². The third kappa shape index (κ3) is 3.36. The first-order chi connectivity index (χ1) is 9.67. The molecule has 0 saturated carbocycles. The van der Waals surface area contributed by atoms with Crippen molar-refractivity contribution in [3.63, 3.8) is 0 Å². The number of likely N-dealkylation sites (N-methyl/N-ethyl adjacent to an activating group) is 1. The van der Waals surface area contributed by atoms with Gasteiger partial charge in [0.15, 0.2) is 0 Å². The summed E-state index contributed by atoms with van der Waals surface area (Å²) in [4.78, 5) is 15.1. The molecule has 1 aromatic carbocycles. The molecule has 1 saturated heterocycles. The normalized spacial score (nSPS) is 18.6. The van der Waals surface area contributed by atoms with Gasteiger partial charge in [0.05, 0.1) is 4.88 Å². The van der Waals surface area contributed by atoms with Gasteiger partial charge < -0.3 is 10.2 Å². The van der Waals surface area contributed by atoms with Crippen LogP contribution < -0.4 is 5.32 Å². The summed E-state index contributed by atoms with van der Waals surface area (Å²) in [5, 5.41) is 4.04. The first kappa shape index (κ1) is 16.2. The van der Waals surface area contributed by atoms with E-state index in [9.17, 15) is 9.18 Å². The molecule has 0 bridgehead atoms. The van der Waals surface area contributed by atoms with Gasteiger partial charge in [-0.15, -0.1) is 23.7 Å². The lowest BCUT2D eigenvalue weighted by Gasteiger charge is -2.32. The first-order valence-electron chi connectivity index (χ1n) is 6.83. The lowest BCUT2D eigenvalue weighted by molar-refractivity contribution is 0.0703. The van der Waals surface area contributed by atoms with Crippen LogP contribution in [-0.4, -0.2) is 37.0 Å². The number of amides is 1. The summed E-state index contributed by atoms with van der Waals surface area (Å²) in [5.74, 6) is -0.200. The minimum atomic E-state index is -0.262. The Morgan fingerprint density at radius 2 is 2.24 bits per heavy atom. The topological polar surface area (TPSA) is 32.3 Å². The molecule has 1 unspecified atom stereocenters. The van der Waals surface area contributed by atoms with Crippen LogP contribution in [0.25, 0.3) is 10.1 Å². The maximum absolute atomic E-state index is 13.2. The SMILES string of the molecule is CNC1CCCN(C(=O)c2cc3cc(F)ccc3s2)C1.Cl. The number of thiophene rings is 1. The monoisotopic (exact) mass is 328 g/mol. The summed E-state index contributed by atoms with van der Waals surface area (Å²) < 4.78 is 14.2. The number of hydrogen-bond donors (Lipinski definition) is 1. The predicted molar refractivity (Wildman–Crippen MR) is 87.0 cm³/mol. The smallest absolute Gasteiger partial charge is 0.264 e. The number of hydrogen-bond acceptors (Lipinski definition) is 3. The Balaban J connectivity index is 0.00000161. The lowest BCUT2D eigenvalue weighted by Crippen LogP contribution is -2.46. The summed E-state index contributed by atoms with van der Waals surface area (Å²) in [5.41, 5.74) is 0. The molecule has 1 amide bonds. The Morgan fingerprint density at radius 3 is 3.00 bits per heavy atom. The Kier molecular flexibility index (Phi) is 5.19. The number of piperidine rings is 1.